The normalized spacial score (nSPS) is 12.9. The summed E-state index contributed by atoms with van der Waals surface area (Å²) in [5.41, 5.74) is 0.367. The molecule has 1 heterocycles. The zero-order valence-electron chi connectivity index (χ0n) is 14.2. The van der Waals surface area contributed by atoms with E-state index >= 15 is 0 Å². The van der Waals surface area contributed by atoms with Crippen LogP contribution in [0.15, 0.2) is 47.4 Å². The molecule has 0 saturated heterocycles. The smallest absolute Gasteiger partial charge is 0.326 e. The zero-order valence-corrected chi connectivity index (χ0v) is 15.8. The molecule has 0 aliphatic heterocycles. The van der Waals surface area contributed by atoms with E-state index in [1.54, 1.807) is 37.3 Å². The van der Waals surface area contributed by atoms with E-state index in [9.17, 15) is 14.4 Å². The Hall–Kier alpha value is -2.31. The number of hydrogen-bond donors (Lipinski definition) is 1. The first-order valence-electron chi connectivity index (χ1n) is 7.88. The number of carbonyl (C=O) groups excluding carboxylic acids is 2. The maximum absolute atomic E-state index is 12.2. The lowest BCUT2D eigenvalue weighted by molar-refractivity contribution is -0.155. The Labute approximate surface area is 160 Å². The van der Waals surface area contributed by atoms with Crippen molar-refractivity contribution in [2.45, 2.75) is 32.5 Å². The first-order valence-corrected chi connectivity index (χ1v) is 8.64. The molecule has 1 amide bonds. The predicted octanol–water partition coefficient (Wildman–Crippen LogP) is 2.96. The topological polar surface area (TPSA) is 77.4 Å². The van der Waals surface area contributed by atoms with Crippen molar-refractivity contribution < 1.29 is 14.3 Å². The molecule has 0 radical (unpaired) electrons. The quantitative estimate of drug-likeness (QED) is 0.761. The average molecular weight is 397 g/mol. The lowest BCUT2D eigenvalue weighted by Gasteiger charge is -2.19. The Morgan fingerprint density at radius 2 is 1.92 bits per heavy atom. The molecule has 1 aromatic carbocycles. The Kier molecular flexibility index (Phi) is 6.83. The van der Waals surface area contributed by atoms with Crippen LogP contribution in [0.2, 0.25) is 10.0 Å². The van der Waals surface area contributed by atoms with Crippen LogP contribution in [0.4, 0.5) is 0 Å². The van der Waals surface area contributed by atoms with Crippen LogP contribution in [0.25, 0.3) is 0 Å². The fourth-order valence-corrected chi connectivity index (χ4v) is 2.85. The number of nitrogens with one attached hydrogen (secondary N) is 1. The van der Waals surface area contributed by atoms with Gasteiger partial charge in [0, 0.05) is 22.3 Å². The van der Waals surface area contributed by atoms with Crippen molar-refractivity contribution in [3.05, 3.63) is 68.6 Å². The summed E-state index contributed by atoms with van der Waals surface area (Å²) in [5.74, 6) is -1.16. The van der Waals surface area contributed by atoms with Crippen LogP contribution >= 0.6 is 23.2 Å². The maximum Gasteiger partial charge on any atom is 0.326 e. The monoisotopic (exact) mass is 396 g/mol. The van der Waals surface area contributed by atoms with Gasteiger partial charge >= 0.3 is 5.97 Å². The Balaban J connectivity index is 1.93. The van der Waals surface area contributed by atoms with Crippen LogP contribution in [-0.2, 0) is 20.9 Å². The molecule has 1 N–H and O–H groups in total. The second-order valence-corrected chi connectivity index (χ2v) is 6.54. The lowest BCUT2D eigenvalue weighted by atomic mass is 10.1. The van der Waals surface area contributed by atoms with E-state index in [0.717, 1.165) is 0 Å². The molecule has 0 fully saturated rings. The molecule has 0 aliphatic carbocycles. The Bertz CT molecular complexity index is 866. The van der Waals surface area contributed by atoms with Crippen molar-refractivity contribution in [3.63, 3.8) is 0 Å². The van der Waals surface area contributed by atoms with Gasteiger partial charge in [-0.2, -0.15) is 0 Å². The molecule has 1 aromatic heterocycles. The number of hydrogen-bond acceptors (Lipinski definition) is 4. The summed E-state index contributed by atoms with van der Waals surface area (Å²) in [7, 11) is 0. The van der Waals surface area contributed by atoms with Gasteiger partial charge in [-0.05, 0) is 37.6 Å². The summed E-state index contributed by atoms with van der Waals surface area (Å²) < 4.78 is 6.29. The highest BCUT2D eigenvalue weighted by Gasteiger charge is 2.21. The minimum absolute atomic E-state index is 0.268. The average Bonchev–Trinajstić information content (AvgIpc) is 2.56. The molecule has 26 heavy (non-hydrogen) atoms. The van der Waals surface area contributed by atoms with Gasteiger partial charge < -0.3 is 14.6 Å². The van der Waals surface area contributed by atoms with Crippen LogP contribution < -0.4 is 10.9 Å². The fraction of sp³-hybridized carbons (Fsp3) is 0.278. The Morgan fingerprint density at radius 1 is 1.19 bits per heavy atom. The first-order chi connectivity index (χ1) is 12.3. The number of carbonyl (C=O) groups is 2. The van der Waals surface area contributed by atoms with Gasteiger partial charge in [0.15, 0.2) is 6.10 Å². The lowest BCUT2D eigenvalue weighted by Crippen LogP contribution is -2.38. The number of rotatable bonds is 6. The highest BCUT2D eigenvalue weighted by atomic mass is 35.5. The van der Waals surface area contributed by atoms with Crippen molar-refractivity contribution in [3.8, 4) is 0 Å². The molecule has 0 unspecified atom stereocenters. The molecule has 138 valence electrons. The SMILES string of the molecule is C[C@@H](OC(=O)Cn1ccccc1=O)C(=O)N[C@H](C)c1ccc(Cl)cc1Cl. The molecule has 0 spiro atoms. The number of pyridine rings is 1. The van der Waals surface area contributed by atoms with Crippen molar-refractivity contribution in [1.82, 2.24) is 9.88 Å². The standard InChI is InChI=1S/C18H18Cl2N2O4/c1-11(14-7-6-13(19)9-15(14)20)21-18(25)12(2)26-17(24)10-22-8-4-3-5-16(22)23/h3-9,11-12H,10H2,1-2H3,(H,21,25)/t11-,12-/m1/s1. The number of halogens is 2. The van der Waals surface area contributed by atoms with E-state index < -0.39 is 24.0 Å². The van der Waals surface area contributed by atoms with Gasteiger partial charge in [-0.15, -0.1) is 0 Å². The van der Waals surface area contributed by atoms with Crippen LogP contribution in [0.5, 0.6) is 0 Å². The second kappa shape index (κ2) is 8.87. The first kappa shape index (κ1) is 20.0. The minimum Gasteiger partial charge on any atom is -0.451 e. The van der Waals surface area contributed by atoms with Gasteiger partial charge in [0.2, 0.25) is 0 Å². The molecule has 0 bridgehead atoms. The summed E-state index contributed by atoms with van der Waals surface area (Å²) in [6.07, 6.45) is 0.453. The van der Waals surface area contributed by atoms with Gasteiger partial charge in [0.05, 0.1) is 6.04 Å². The molecule has 6 nitrogen and oxygen atoms in total. The Morgan fingerprint density at radius 3 is 2.58 bits per heavy atom. The zero-order chi connectivity index (χ0) is 19.3. The number of benzene rings is 1. The van der Waals surface area contributed by atoms with Gasteiger partial charge in [0.25, 0.3) is 11.5 Å². The summed E-state index contributed by atoms with van der Waals surface area (Å²) in [6.45, 7) is 2.94. The van der Waals surface area contributed by atoms with Crippen LogP contribution in [-0.4, -0.2) is 22.5 Å². The minimum atomic E-state index is -1.02. The molecule has 8 heteroatoms. The number of aromatic nitrogens is 1. The molecule has 2 atom stereocenters. The largest absolute Gasteiger partial charge is 0.451 e. The fourth-order valence-electron chi connectivity index (χ4n) is 2.28. The third-order valence-electron chi connectivity index (χ3n) is 3.66. The summed E-state index contributed by atoms with van der Waals surface area (Å²) in [6, 6.07) is 9.11. The van der Waals surface area contributed by atoms with Crippen molar-refractivity contribution in [1.29, 1.82) is 0 Å². The van der Waals surface area contributed by atoms with Crippen LogP contribution in [0.3, 0.4) is 0 Å². The van der Waals surface area contributed by atoms with E-state index in [1.165, 1.54) is 23.8 Å². The summed E-state index contributed by atoms with van der Waals surface area (Å²) in [5, 5.41) is 3.65. The number of ether oxygens (including phenoxy) is 1. The molecular formula is C18H18Cl2N2O4. The summed E-state index contributed by atoms with van der Waals surface area (Å²) >= 11 is 12.0. The number of nitrogens with zero attached hydrogens (tertiary/aromatic N) is 1. The van der Waals surface area contributed by atoms with Gasteiger partial charge in [-0.1, -0.05) is 35.3 Å². The van der Waals surface area contributed by atoms with E-state index in [1.807, 2.05) is 0 Å². The highest BCUT2D eigenvalue weighted by molar-refractivity contribution is 6.35. The second-order valence-electron chi connectivity index (χ2n) is 5.69. The molecule has 0 saturated carbocycles. The van der Waals surface area contributed by atoms with E-state index in [2.05, 4.69) is 5.32 Å². The van der Waals surface area contributed by atoms with Gasteiger partial charge in [-0.25, -0.2) is 0 Å². The van der Waals surface area contributed by atoms with Crippen molar-refractivity contribution in [2.24, 2.45) is 0 Å². The molecule has 0 aliphatic rings. The number of esters is 1. The third kappa shape index (κ3) is 5.34. The van der Waals surface area contributed by atoms with E-state index in [0.29, 0.717) is 15.6 Å². The molecular weight excluding hydrogens is 379 g/mol. The number of amides is 1. The third-order valence-corrected chi connectivity index (χ3v) is 4.23. The van der Waals surface area contributed by atoms with Gasteiger partial charge in [-0.3, -0.25) is 14.4 Å². The van der Waals surface area contributed by atoms with E-state index in [-0.39, 0.29) is 12.1 Å². The van der Waals surface area contributed by atoms with E-state index in [4.69, 9.17) is 27.9 Å². The summed E-state index contributed by atoms with van der Waals surface area (Å²) in [4.78, 5) is 35.7. The molecule has 2 aromatic rings. The highest BCUT2D eigenvalue weighted by Crippen LogP contribution is 2.26. The maximum atomic E-state index is 12.2. The molecule has 2 rings (SSSR count). The van der Waals surface area contributed by atoms with Crippen LogP contribution in [0, 0.1) is 0 Å². The van der Waals surface area contributed by atoms with Crippen molar-refractivity contribution >= 4 is 35.1 Å². The van der Waals surface area contributed by atoms with Crippen molar-refractivity contribution in [2.75, 3.05) is 0 Å². The van der Waals surface area contributed by atoms with Gasteiger partial charge in [0.1, 0.15) is 6.54 Å². The van der Waals surface area contributed by atoms with Crippen LogP contribution in [0.1, 0.15) is 25.5 Å². The predicted molar refractivity (Wildman–Crippen MR) is 99.3 cm³/mol.